The summed E-state index contributed by atoms with van der Waals surface area (Å²) < 4.78 is 5.32. The molecule has 0 saturated heterocycles. The minimum Gasteiger partial charge on any atom is -0.360 e. The number of anilines is 1. The van der Waals surface area contributed by atoms with Crippen molar-refractivity contribution >= 4 is 35.0 Å². The predicted molar refractivity (Wildman–Crippen MR) is 127 cm³/mol. The fourth-order valence-corrected chi connectivity index (χ4v) is 4.38. The normalized spacial score (nSPS) is 10.5. The summed E-state index contributed by atoms with van der Waals surface area (Å²) in [6.07, 6.45) is 0. The number of amides is 1. The van der Waals surface area contributed by atoms with Crippen molar-refractivity contribution in [2.45, 2.75) is 17.6 Å². The minimum atomic E-state index is -0.315. The zero-order chi connectivity index (χ0) is 22.5. The van der Waals surface area contributed by atoms with Crippen LogP contribution in [0.3, 0.4) is 0 Å². The smallest absolute Gasteiger partial charge is 0.261 e. The number of rotatable bonds is 6. The van der Waals surface area contributed by atoms with Crippen molar-refractivity contribution in [1.29, 1.82) is 5.26 Å². The van der Waals surface area contributed by atoms with E-state index < -0.39 is 0 Å². The highest BCUT2D eigenvalue weighted by atomic mass is 35.5. The third-order valence-corrected chi connectivity index (χ3v) is 6.31. The first-order valence-electron chi connectivity index (χ1n) is 9.80. The van der Waals surface area contributed by atoms with Crippen LogP contribution < -0.4 is 5.32 Å². The number of aryl methyl sites for hydroxylation is 1. The molecule has 1 heterocycles. The van der Waals surface area contributed by atoms with Gasteiger partial charge in [0.1, 0.15) is 17.0 Å². The highest BCUT2D eigenvalue weighted by Crippen LogP contribution is 2.33. The van der Waals surface area contributed by atoms with Gasteiger partial charge in [-0.25, -0.2) is 0 Å². The van der Waals surface area contributed by atoms with E-state index in [2.05, 4.69) is 16.5 Å². The molecule has 3 aromatic carbocycles. The molecule has 0 saturated carbocycles. The first-order chi connectivity index (χ1) is 15.6. The second-order valence-corrected chi connectivity index (χ2v) is 8.41. The summed E-state index contributed by atoms with van der Waals surface area (Å²) in [5.74, 6) is 0.806. The van der Waals surface area contributed by atoms with E-state index in [9.17, 15) is 4.79 Å². The third-order valence-electron chi connectivity index (χ3n) is 4.83. The summed E-state index contributed by atoms with van der Waals surface area (Å²) >= 11 is 7.92. The van der Waals surface area contributed by atoms with Crippen LogP contribution >= 0.6 is 23.4 Å². The Morgan fingerprint density at radius 3 is 2.56 bits per heavy atom. The highest BCUT2D eigenvalue weighted by molar-refractivity contribution is 7.98. The van der Waals surface area contributed by atoms with E-state index in [1.807, 2.05) is 48.5 Å². The molecule has 1 amide bonds. The molecule has 0 bridgehead atoms. The van der Waals surface area contributed by atoms with Crippen molar-refractivity contribution in [3.05, 3.63) is 100 Å². The Hall–Kier alpha value is -3.53. The van der Waals surface area contributed by atoms with Gasteiger partial charge in [0.05, 0.1) is 22.3 Å². The van der Waals surface area contributed by atoms with Gasteiger partial charge in [0.25, 0.3) is 5.91 Å². The quantitative estimate of drug-likeness (QED) is 0.324. The lowest BCUT2D eigenvalue weighted by Gasteiger charge is -2.11. The monoisotopic (exact) mass is 459 g/mol. The standard InChI is InChI=1S/C25H18ClN3O2S/c1-16-23(24(29-31-16)19-6-2-3-7-20(19)26)25(30)28-21-8-4-5-9-22(21)32-15-18-12-10-17(14-27)11-13-18/h2-13H,15H2,1H3,(H,28,30). The van der Waals surface area contributed by atoms with Crippen molar-refractivity contribution in [3.63, 3.8) is 0 Å². The predicted octanol–water partition coefficient (Wildman–Crippen LogP) is 6.72. The minimum absolute atomic E-state index is 0.315. The molecule has 1 N–H and O–H groups in total. The van der Waals surface area contributed by atoms with Crippen molar-refractivity contribution in [1.82, 2.24) is 5.16 Å². The van der Waals surface area contributed by atoms with E-state index in [1.165, 1.54) is 0 Å². The van der Waals surface area contributed by atoms with E-state index in [1.54, 1.807) is 43.0 Å². The summed E-state index contributed by atoms with van der Waals surface area (Å²) in [4.78, 5) is 14.1. The second-order valence-electron chi connectivity index (χ2n) is 6.99. The Balaban J connectivity index is 1.56. The van der Waals surface area contributed by atoms with Crippen LogP contribution in [0.15, 0.2) is 82.2 Å². The zero-order valence-corrected chi connectivity index (χ0v) is 18.7. The van der Waals surface area contributed by atoms with Crippen LogP contribution in [0.4, 0.5) is 5.69 Å². The van der Waals surface area contributed by atoms with Gasteiger partial charge in [0.2, 0.25) is 0 Å². The van der Waals surface area contributed by atoms with Crippen molar-refractivity contribution in [2.24, 2.45) is 0 Å². The van der Waals surface area contributed by atoms with Crippen LogP contribution in [0.2, 0.25) is 5.02 Å². The van der Waals surface area contributed by atoms with Crippen LogP contribution in [0.1, 0.15) is 27.2 Å². The van der Waals surface area contributed by atoms with Crippen LogP contribution in [0.25, 0.3) is 11.3 Å². The number of nitrogens with one attached hydrogen (secondary N) is 1. The Bertz CT molecular complexity index is 1310. The molecule has 0 spiro atoms. The average molecular weight is 460 g/mol. The number of benzene rings is 3. The maximum atomic E-state index is 13.2. The fourth-order valence-electron chi connectivity index (χ4n) is 3.19. The van der Waals surface area contributed by atoms with Gasteiger partial charge in [-0.15, -0.1) is 11.8 Å². The molecule has 0 aliphatic rings. The number of halogens is 1. The maximum absolute atomic E-state index is 13.2. The second kappa shape index (κ2) is 9.73. The Morgan fingerprint density at radius 2 is 1.81 bits per heavy atom. The number of aromatic nitrogens is 1. The zero-order valence-electron chi connectivity index (χ0n) is 17.1. The average Bonchev–Trinajstić information content (AvgIpc) is 3.20. The van der Waals surface area contributed by atoms with Gasteiger partial charge in [-0.1, -0.05) is 59.2 Å². The van der Waals surface area contributed by atoms with E-state index >= 15 is 0 Å². The molecule has 0 fully saturated rings. The maximum Gasteiger partial charge on any atom is 0.261 e. The Morgan fingerprint density at radius 1 is 1.09 bits per heavy atom. The first kappa shape index (κ1) is 21.7. The lowest BCUT2D eigenvalue weighted by molar-refractivity contribution is 0.102. The number of carbonyl (C=O) groups is 1. The summed E-state index contributed by atoms with van der Waals surface area (Å²) in [5.41, 5.74) is 3.82. The van der Waals surface area contributed by atoms with Crippen molar-refractivity contribution in [2.75, 3.05) is 5.32 Å². The summed E-state index contributed by atoms with van der Waals surface area (Å²) in [7, 11) is 0. The highest BCUT2D eigenvalue weighted by Gasteiger charge is 2.23. The number of hydrogen-bond acceptors (Lipinski definition) is 5. The molecule has 1 aromatic heterocycles. The molecule has 4 rings (SSSR count). The molecule has 158 valence electrons. The fraction of sp³-hybridized carbons (Fsp3) is 0.0800. The van der Waals surface area contributed by atoms with Crippen LogP contribution in [0.5, 0.6) is 0 Å². The number of hydrogen-bond donors (Lipinski definition) is 1. The molecule has 32 heavy (non-hydrogen) atoms. The Labute approximate surface area is 195 Å². The lowest BCUT2D eigenvalue weighted by Crippen LogP contribution is -2.14. The van der Waals surface area contributed by atoms with Gasteiger partial charge >= 0.3 is 0 Å². The van der Waals surface area contributed by atoms with Crippen LogP contribution in [-0.2, 0) is 5.75 Å². The van der Waals surface area contributed by atoms with Crippen LogP contribution in [0, 0.1) is 18.3 Å². The Kier molecular flexibility index (Phi) is 6.60. The van der Waals surface area contributed by atoms with E-state index in [-0.39, 0.29) is 5.91 Å². The third kappa shape index (κ3) is 4.70. The van der Waals surface area contributed by atoms with Gasteiger partial charge in [0, 0.05) is 16.2 Å². The SMILES string of the molecule is Cc1onc(-c2ccccc2Cl)c1C(=O)Nc1ccccc1SCc1ccc(C#N)cc1. The number of nitriles is 1. The molecular formula is C25H18ClN3O2S. The number of thioether (sulfide) groups is 1. The van der Waals surface area contributed by atoms with Gasteiger partial charge in [0.15, 0.2) is 0 Å². The molecule has 7 heteroatoms. The van der Waals surface area contributed by atoms with Crippen LogP contribution in [-0.4, -0.2) is 11.1 Å². The van der Waals surface area contributed by atoms with Crippen molar-refractivity contribution < 1.29 is 9.32 Å². The summed E-state index contributed by atoms with van der Waals surface area (Å²) in [6.45, 7) is 1.70. The number of nitrogens with zero attached hydrogens (tertiary/aromatic N) is 2. The molecule has 5 nitrogen and oxygen atoms in total. The van der Waals surface area contributed by atoms with E-state index in [4.69, 9.17) is 21.4 Å². The van der Waals surface area contributed by atoms with Gasteiger partial charge < -0.3 is 9.84 Å². The van der Waals surface area contributed by atoms with Crippen molar-refractivity contribution in [3.8, 4) is 17.3 Å². The van der Waals surface area contributed by atoms with Gasteiger partial charge in [-0.2, -0.15) is 5.26 Å². The molecule has 0 radical (unpaired) electrons. The van der Waals surface area contributed by atoms with E-state index in [0.717, 1.165) is 10.5 Å². The van der Waals surface area contributed by atoms with E-state index in [0.29, 0.717) is 44.6 Å². The molecule has 0 atom stereocenters. The lowest BCUT2D eigenvalue weighted by atomic mass is 10.1. The van der Waals surface area contributed by atoms with Gasteiger partial charge in [-0.05, 0) is 42.8 Å². The molecule has 4 aromatic rings. The molecule has 0 aliphatic heterocycles. The first-order valence-corrected chi connectivity index (χ1v) is 11.2. The van der Waals surface area contributed by atoms with Gasteiger partial charge in [-0.3, -0.25) is 4.79 Å². The largest absolute Gasteiger partial charge is 0.360 e. The summed E-state index contributed by atoms with van der Waals surface area (Å²) in [5, 5.41) is 16.5. The number of para-hydroxylation sites is 1. The molecular weight excluding hydrogens is 442 g/mol. The molecule has 0 unspecified atom stereocenters. The molecule has 0 aliphatic carbocycles. The topological polar surface area (TPSA) is 78.9 Å². The summed E-state index contributed by atoms with van der Waals surface area (Å²) in [6, 6.07) is 24.4. The number of carbonyl (C=O) groups excluding carboxylic acids is 1.